The first-order valence-electron chi connectivity index (χ1n) is 5.07. The Balaban J connectivity index is 3.68. The molecule has 5 nitrogen and oxygen atoms in total. The maximum absolute atomic E-state index is 11.3. The van der Waals surface area contributed by atoms with E-state index in [1.165, 1.54) is 0 Å². The number of carbonyl (C=O) groups is 2. The van der Waals surface area contributed by atoms with Gasteiger partial charge in [0.15, 0.2) is 0 Å². The van der Waals surface area contributed by atoms with E-state index in [1.807, 2.05) is 20.8 Å². The minimum absolute atomic E-state index is 0.0200. The van der Waals surface area contributed by atoms with Crippen molar-refractivity contribution in [1.29, 1.82) is 0 Å². The summed E-state index contributed by atoms with van der Waals surface area (Å²) in [5.41, 5.74) is -0.288. The van der Waals surface area contributed by atoms with Crippen molar-refractivity contribution in [2.45, 2.75) is 26.3 Å². The zero-order valence-corrected chi connectivity index (χ0v) is 10.0. The van der Waals surface area contributed by atoms with Crippen molar-refractivity contribution < 1.29 is 9.59 Å². The summed E-state index contributed by atoms with van der Waals surface area (Å²) < 4.78 is 0. The van der Waals surface area contributed by atoms with Gasteiger partial charge in [0, 0.05) is 5.54 Å². The Labute approximate surface area is 96.4 Å². The third-order valence-electron chi connectivity index (χ3n) is 1.47. The molecule has 0 saturated carbocycles. The van der Waals surface area contributed by atoms with E-state index in [0.29, 0.717) is 6.54 Å². The lowest BCUT2D eigenvalue weighted by Gasteiger charge is -2.20. The number of amides is 2. The van der Waals surface area contributed by atoms with Crippen LogP contribution in [0.1, 0.15) is 20.8 Å². The zero-order chi connectivity index (χ0) is 12.6. The summed E-state index contributed by atoms with van der Waals surface area (Å²) in [6.45, 7) is 6.06. The molecule has 0 rings (SSSR count). The largest absolute Gasteiger partial charge is 0.350 e. The third kappa shape index (κ3) is 9.03. The molecule has 3 N–H and O–H groups in total. The van der Waals surface area contributed by atoms with Crippen LogP contribution in [0.5, 0.6) is 0 Å². The third-order valence-corrected chi connectivity index (χ3v) is 1.47. The second kappa shape index (κ2) is 6.85. The van der Waals surface area contributed by atoms with Crippen LogP contribution in [0, 0.1) is 12.3 Å². The van der Waals surface area contributed by atoms with Crippen molar-refractivity contribution in [3.63, 3.8) is 0 Å². The summed E-state index contributed by atoms with van der Waals surface area (Å²) in [5, 5.41) is 7.94. The predicted octanol–water partition coefficient (Wildman–Crippen LogP) is -0.760. The first-order chi connectivity index (χ1) is 7.35. The summed E-state index contributed by atoms with van der Waals surface area (Å²) in [7, 11) is 0. The summed E-state index contributed by atoms with van der Waals surface area (Å²) in [6.07, 6.45) is 5.00. The highest BCUT2D eigenvalue weighted by atomic mass is 16.2. The fourth-order valence-electron chi connectivity index (χ4n) is 0.952. The normalized spacial score (nSPS) is 10.4. The van der Waals surface area contributed by atoms with Crippen LogP contribution >= 0.6 is 0 Å². The van der Waals surface area contributed by atoms with Gasteiger partial charge in [-0.3, -0.25) is 14.9 Å². The van der Waals surface area contributed by atoms with Crippen LogP contribution in [-0.2, 0) is 9.59 Å². The second-order valence-electron chi connectivity index (χ2n) is 4.38. The van der Waals surface area contributed by atoms with Gasteiger partial charge in [-0.25, -0.2) is 0 Å². The first kappa shape index (κ1) is 14.5. The average Bonchev–Trinajstić information content (AvgIpc) is 2.12. The maximum atomic E-state index is 11.3. The zero-order valence-electron chi connectivity index (χ0n) is 10.0. The Morgan fingerprint density at radius 1 is 1.19 bits per heavy atom. The van der Waals surface area contributed by atoms with E-state index in [0.717, 1.165) is 0 Å². The molecule has 0 aliphatic heterocycles. The van der Waals surface area contributed by atoms with Crippen molar-refractivity contribution in [3.8, 4) is 12.3 Å². The molecule has 0 aliphatic carbocycles. The molecule has 0 spiro atoms. The van der Waals surface area contributed by atoms with Crippen molar-refractivity contribution in [2.75, 3.05) is 19.6 Å². The van der Waals surface area contributed by atoms with E-state index in [2.05, 4.69) is 21.9 Å². The van der Waals surface area contributed by atoms with Gasteiger partial charge in [0.2, 0.25) is 11.8 Å². The highest BCUT2D eigenvalue weighted by Gasteiger charge is 2.13. The maximum Gasteiger partial charge on any atom is 0.239 e. The van der Waals surface area contributed by atoms with Gasteiger partial charge in [-0.05, 0) is 20.8 Å². The molecule has 0 aromatic rings. The molecular formula is C11H19N3O2. The van der Waals surface area contributed by atoms with Crippen molar-refractivity contribution >= 4 is 11.8 Å². The molecule has 0 fully saturated rings. The van der Waals surface area contributed by atoms with Gasteiger partial charge in [0.25, 0.3) is 0 Å². The molecule has 0 aromatic carbocycles. The molecule has 0 unspecified atom stereocenters. The predicted molar refractivity (Wildman–Crippen MR) is 62.6 cm³/mol. The lowest BCUT2D eigenvalue weighted by Crippen LogP contribution is -2.47. The smallest absolute Gasteiger partial charge is 0.239 e. The lowest BCUT2D eigenvalue weighted by molar-refractivity contribution is -0.126. The van der Waals surface area contributed by atoms with Gasteiger partial charge in [0.1, 0.15) is 0 Å². The second-order valence-corrected chi connectivity index (χ2v) is 4.38. The molecule has 0 heterocycles. The number of carbonyl (C=O) groups excluding carboxylic acids is 2. The summed E-state index contributed by atoms with van der Waals surface area (Å²) in [5.74, 6) is 1.89. The highest BCUT2D eigenvalue weighted by Crippen LogP contribution is 1.96. The van der Waals surface area contributed by atoms with Gasteiger partial charge in [-0.2, -0.15) is 0 Å². The quantitative estimate of drug-likeness (QED) is 0.425. The van der Waals surface area contributed by atoms with E-state index >= 15 is 0 Å². The Morgan fingerprint density at radius 3 is 2.31 bits per heavy atom. The molecule has 0 atom stereocenters. The number of hydrogen-bond donors (Lipinski definition) is 3. The number of rotatable bonds is 5. The standard InChI is InChI=1S/C11H19N3O2/c1-5-6-12-7-9(15)13-8-10(16)14-11(2,3)4/h1,12H,6-8H2,2-4H3,(H,13,15)(H,14,16). The number of nitrogens with one attached hydrogen (secondary N) is 3. The van der Waals surface area contributed by atoms with Gasteiger partial charge < -0.3 is 10.6 Å². The van der Waals surface area contributed by atoms with Gasteiger partial charge in [0.05, 0.1) is 19.6 Å². The van der Waals surface area contributed by atoms with Gasteiger partial charge in [-0.15, -0.1) is 6.42 Å². The molecule has 2 amide bonds. The van der Waals surface area contributed by atoms with Crippen LogP contribution in [0.15, 0.2) is 0 Å². The highest BCUT2D eigenvalue weighted by molar-refractivity contribution is 5.85. The van der Waals surface area contributed by atoms with Crippen LogP contribution in [0.3, 0.4) is 0 Å². The lowest BCUT2D eigenvalue weighted by atomic mass is 10.1. The molecule has 16 heavy (non-hydrogen) atoms. The van der Waals surface area contributed by atoms with Crippen molar-refractivity contribution in [3.05, 3.63) is 0 Å². The van der Waals surface area contributed by atoms with E-state index in [4.69, 9.17) is 6.42 Å². The van der Waals surface area contributed by atoms with E-state index in [1.54, 1.807) is 0 Å². The Morgan fingerprint density at radius 2 is 1.81 bits per heavy atom. The van der Waals surface area contributed by atoms with Crippen molar-refractivity contribution in [1.82, 2.24) is 16.0 Å². The van der Waals surface area contributed by atoms with Crippen molar-refractivity contribution in [2.24, 2.45) is 0 Å². The summed E-state index contributed by atoms with van der Waals surface area (Å²) in [4.78, 5) is 22.5. The van der Waals surface area contributed by atoms with Crippen LogP contribution < -0.4 is 16.0 Å². The molecule has 0 radical (unpaired) electrons. The minimum atomic E-state index is -0.288. The van der Waals surface area contributed by atoms with E-state index in [-0.39, 0.29) is 30.4 Å². The topological polar surface area (TPSA) is 70.2 Å². The molecule has 0 bridgehead atoms. The monoisotopic (exact) mass is 225 g/mol. The Kier molecular flexibility index (Phi) is 6.19. The van der Waals surface area contributed by atoms with Crippen LogP contribution in [0.25, 0.3) is 0 Å². The Bertz CT molecular complexity index is 287. The molecule has 0 saturated heterocycles. The van der Waals surface area contributed by atoms with Gasteiger partial charge in [-0.1, -0.05) is 5.92 Å². The summed E-state index contributed by atoms with van der Waals surface area (Å²) in [6, 6.07) is 0. The molecule has 90 valence electrons. The van der Waals surface area contributed by atoms with Crippen LogP contribution in [0.2, 0.25) is 0 Å². The van der Waals surface area contributed by atoms with E-state index < -0.39 is 0 Å². The van der Waals surface area contributed by atoms with E-state index in [9.17, 15) is 9.59 Å². The van der Waals surface area contributed by atoms with Crippen LogP contribution in [0.4, 0.5) is 0 Å². The number of hydrogen-bond acceptors (Lipinski definition) is 3. The Hall–Kier alpha value is -1.54. The minimum Gasteiger partial charge on any atom is -0.350 e. The van der Waals surface area contributed by atoms with Gasteiger partial charge >= 0.3 is 0 Å². The molecular weight excluding hydrogens is 206 g/mol. The molecule has 0 aliphatic rings. The summed E-state index contributed by atoms with van der Waals surface area (Å²) >= 11 is 0. The first-order valence-corrected chi connectivity index (χ1v) is 5.07. The van der Waals surface area contributed by atoms with Crippen LogP contribution in [-0.4, -0.2) is 37.0 Å². The average molecular weight is 225 g/mol. The fraction of sp³-hybridized carbons (Fsp3) is 0.636. The SMILES string of the molecule is C#CCNCC(=O)NCC(=O)NC(C)(C)C. The molecule has 0 aromatic heterocycles. The molecule has 5 heteroatoms. The fourth-order valence-corrected chi connectivity index (χ4v) is 0.952. The number of terminal acetylenes is 1.